The fourth-order valence-corrected chi connectivity index (χ4v) is 0.839. The van der Waals surface area contributed by atoms with E-state index in [0.717, 1.165) is 0 Å². The first-order chi connectivity index (χ1) is 6.72. The van der Waals surface area contributed by atoms with Crippen molar-refractivity contribution < 1.29 is 9.53 Å². The molecule has 0 aliphatic rings. The second kappa shape index (κ2) is 5.00. The van der Waals surface area contributed by atoms with Gasteiger partial charge in [0.15, 0.2) is 0 Å². The Hall–Kier alpha value is -1.85. The number of carbonyl (C=O) groups is 1. The molecule has 1 rings (SSSR count). The zero-order valence-corrected chi connectivity index (χ0v) is 7.86. The number of primary amides is 1. The van der Waals surface area contributed by atoms with Crippen molar-refractivity contribution in [1.82, 2.24) is 9.97 Å². The molecule has 3 N–H and O–H groups in total. The summed E-state index contributed by atoms with van der Waals surface area (Å²) in [5.41, 5.74) is 4.97. The van der Waals surface area contributed by atoms with E-state index < -0.39 is 0 Å². The maximum Gasteiger partial charge on any atom is 0.225 e. The molecular formula is C8H12N4O2. The van der Waals surface area contributed by atoms with E-state index in [1.54, 1.807) is 12.3 Å². The van der Waals surface area contributed by atoms with Crippen LogP contribution in [0.5, 0.6) is 5.88 Å². The standard InChI is InChI=1S/C8H12N4O2/c1-14-7-3-5-11-8(12-7)10-4-2-6(9)13/h3,5H,2,4H2,1H3,(H2,9,13)(H,10,11,12). The van der Waals surface area contributed by atoms with Gasteiger partial charge in [0.05, 0.1) is 7.11 Å². The quantitative estimate of drug-likeness (QED) is 0.679. The Bertz CT molecular complexity index is 316. The number of nitrogens with one attached hydrogen (secondary N) is 1. The second-order valence-electron chi connectivity index (χ2n) is 2.57. The molecule has 14 heavy (non-hydrogen) atoms. The molecule has 0 aliphatic heterocycles. The van der Waals surface area contributed by atoms with Crippen LogP contribution in [0.1, 0.15) is 6.42 Å². The van der Waals surface area contributed by atoms with Crippen LogP contribution in [0.3, 0.4) is 0 Å². The highest BCUT2D eigenvalue weighted by molar-refractivity contribution is 5.74. The molecule has 0 bridgehead atoms. The molecule has 0 saturated heterocycles. The zero-order chi connectivity index (χ0) is 10.4. The van der Waals surface area contributed by atoms with Crippen molar-refractivity contribution in [2.75, 3.05) is 19.0 Å². The first-order valence-electron chi connectivity index (χ1n) is 4.11. The van der Waals surface area contributed by atoms with E-state index in [0.29, 0.717) is 18.4 Å². The summed E-state index contributed by atoms with van der Waals surface area (Å²) in [4.78, 5) is 18.4. The number of hydrogen-bond donors (Lipinski definition) is 2. The Morgan fingerprint density at radius 1 is 1.71 bits per heavy atom. The van der Waals surface area contributed by atoms with Crippen LogP contribution in [-0.2, 0) is 4.79 Å². The van der Waals surface area contributed by atoms with E-state index in [-0.39, 0.29) is 12.3 Å². The van der Waals surface area contributed by atoms with E-state index in [1.807, 2.05) is 0 Å². The van der Waals surface area contributed by atoms with Crippen LogP contribution in [0, 0.1) is 0 Å². The lowest BCUT2D eigenvalue weighted by Crippen LogP contribution is -2.16. The summed E-state index contributed by atoms with van der Waals surface area (Å²) in [5.74, 6) is 0.535. The molecule has 0 aromatic carbocycles. The molecule has 0 radical (unpaired) electrons. The van der Waals surface area contributed by atoms with Crippen molar-refractivity contribution in [1.29, 1.82) is 0 Å². The van der Waals surface area contributed by atoms with Crippen LogP contribution in [0.4, 0.5) is 5.95 Å². The number of carbonyl (C=O) groups excluding carboxylic acids is 1. The van der Waals surface area contributed by atoms with Gasteiger partial charge in [-0.15, -0.1) is 0 Å². The summed E-state index contributed by atoms with van der Waals surface area (Å²) in [6, 6.07) is 1.64. The molecule has 6 heteroatoms. The third kappa shape index (κ3) is 3.26. The summed E-state index contributed by atoms with van der Waals surface area (Å²) < 4.78 is 4.90. The number of nitrogens with two attached hydrogens (primary N) is 1. The maximum atomic E-state index is 10.4. The van der Waals surface area contributed by atoms with Crippen molar-refractivity contribution in [3.8, 4) is 5.88 Å². The molecule has 76 valence electrons. The number of rotatable bonds is 5. The van der Waals surface area contributed by atoms with E-state index in [9.17, 15) is 4.79 Å². The van der Waals surface area contributed by atoms with Gasteiger partial charge in [-0.2, -0.15) is 4.98 Å². The van der Waals surface area contributed by atoms with Gasteiger partial charge in [-0.1, -0.05) is 0 Å². The first kappa shape index (κ1) is 10.2. The largest absolute Gasteiger partial charge is 0.481 e. The number of ether oxygens (including phenoxy) is 1. The molecule has 6 nitrogen and oxygen atoms in total. The Kier molecular flexibility index (Phi) is 3.66. The van der Waals surface area contributed by atoms with Crippen LogP contribution >= 0.6 is 0 Å². The second-order valence-corrected chi connectivity index (χ2v) is 2.57. The molecule has 0 saturated carbocycles. The topological polar surface area (TPSA) is 90.1 Å². The molecule has 1 aromatic heterocycles. The summed E-state index contributed by atoms with van der Waals surface area (Å²) in [6.45, 7) is 0.419. The van der Waals surface area contributed by atoms with Gasteiger partial charge in [-0.25, -0.2) is 4.98 Å². The maximum absolute atomic E-state index is 10.4. The third-order valence-electron chi connectivity index (χ3n) is 1.49. The minimum absolute atomic E-state index is 0.251. The highest BCUT2D eigenvalue weighted by Crippen LogP contribution is 2.06. The molecule has 1 amide bonds. The Morgan fingerprint density at radius 2 is 2.50 bits per heavy atom. The lowest BCUT2D eigenvalue weighted by molar-refractivity contribution is -0.117. The Labute approximate surface area is 81.5 Å². The van der Waals surface area contributed by atoms with Crippen LogP contribution in [0.25, 0.3) is 0 Å². The van der Waals surface area contributed by atoms with Crippen molar-refractivity contribution in [2.24, 2.45) is 5.73 Å². The van der Waals surface area contributed by atoms with Crippen molar-refractivity contribution >= 4 is 11.9 Å². The molecule has 0 atom stereocenters. The van der Waals surface area contributed by atoms with E-state index in [2.05, 4.69) is 15.3 Å². The fourth-order valence-electron chi connectivity index (χ4n) is 0.839. The molecular weight excluding hydrogens is 184 g/mol. The third-order valence-corrected chi connectivity index (χ3v) is 1.49. The molecule has 1 heterocycles. The highest BCUT2D eigenvalue weighted by Gasteiger charge is 1.98. The van der Waals surface area contributed by atoms with Crippen molar-refractivity contribution in [3.63, 3.8) is 0 Å². The predicted octanol–water partition coefficient (Wildman–Crippen LogP) is -0.228. The van der Waals surface area contributed by atoms with Gasteiger partial charge in [0.1, 0.15) is 0 Å². The summed E-state index contributed by atoms with van der Waals surface area (Å²) in [6.07, 6.45) is 1.82. The number of amides is 1. The summed E-state index contributed by atoms with van der Waals surface area (Å²) >= 11 is 0. The van der Waals surface area contributed by atoms with Gasteiger partial charge in [-0.3, -0.25) is 4.79 Å². The van der Waals surface area contributed by atoms with Gasteiger partial charge in [0.25, 0.3) is 0 Å². The predicted molar refractivity (Wildman–Crippen MR) is 50.9 cm³/mol. The Balaban J connectivity index is 2.46. The molecule has 0 aliphatic carbocycles. The highest BCUT2D eigenvalue weighted by atomic mass is 16.5. The zero-order valence-electron chi connectivity index (χ0n) is 7.86. The van der Waals surface area contributed by atoms with Crippen LogP contribution in [0.15, 0.2) is 12.3 Å². The minimum Gasteiger partial charge on any atom is -0.481 e. The van der Waals surface area contributed by atoms with E-state index in [1.165, 1.54) is 7.11 Å². The number of hydrogen-bond acceptors (Lipinski definition) is 5. The van der Waals surface area contributed by atoms with Gasteiger partial charge >= 0.3 is 0 Å². The monoisotopic (exact) mass is 196 g/mol. The lowest BCUT2D eigenvalue weighted by Gasteiger charge is -2.03. The fraction of sp³-hybridized carbons (Fsp3) is 0.375. The number of anilines is 1. The average molecular weight is 196 g/mol. The van der Waals surface area contributed by atoms with Crippen molar-refractivity contribution in [2.45, 2.75) is 6.42 Å². The van der Waals surface area contributed by atoms with E-state index in [4.69, 9.17) is 10.5 Å². The van der Waals surface area contributed by atoms with Gasteiger partial charge in [0, 0.05) is 25.2 Å². The normalized spacial score (nSPS) is 9.50. The molecule has 0 unspecified atom stereocenters. The summed E-state index contributed by atoms with van der Waals surface area (Å²) in [7, 11) is 1.52. The number of aromatic nitrogens is 2. The van der Waals surface area contributed by atoms with Crippen LogP contribution < -0.4 is 15.8 Å². The minimum atomic E-state index is -0.361. The van der Waals surface area contributed by atoms with Gasteiger partial charge < -0.3 is 15.8 Å². The smallest absolute Gasteiger partial charge is 0.225 e. The number of nitrogens with zero attached hydrogens (tertiary/aromatic N) is 2. The SMILES string of the molecule is COc1ccnc(NCCC(N)=O)n1. The molecule has 0 spiro atoms. The van der Waals surface area contributed by atoms with Crippen molar-refractivity contribution in [3.05, 3.63) is 12.3 Å². The first-order valence-corrected chi connectivity index (χ1v) is 4.11. The van der Waals surface area contributed by atoms with Crippen LogP contribution in [0.2, 0.25) is 0 Å². The van der Waals surface area contributed by atoms with E-state index >= 15 is 0 Å². The summed E-state index contributed by atoms with van der Waals surface area (Å²) in [5, 5.41) is 2.85. The van der Waals surface area contributed by atoms with Gasteiger partial charge in [-0.05, 0) is 0 Å². The van der Waals surface area contributed by atoms with Gasteiger partial charge in [0.2, 0.25) is 17.7 Å². The van der Waals surface area contributed by atoms with Crippen LogP contribution in [-0.4, -0.2) is 29.5 Å². The molecule has 0 fully saturated rings. The Morgan fingerprint density at radius 3 is 3.14 bits per heavy atom. The number of methoxy groups -OCH3 is 1. The average Bonchev–Trinajstić information content (AvgIpc) is 2.18. The lowest BCUT2D eigenvalue weighted by atomic mass is 10.4. The molecule has 1 aromatic rings.